The number of rotatable bonds is 12. The molecule has 0 unspecified atom stereocenters. The Balaban J connectivity index is 1.05. The Morgan fingerprint density at radius 1 is 0.800 bits per heavy atom. The molecule has 2 saturated heterocycles. The maximum atomic E-state index is 13.8. The van der Waals surface area contributed by atoms with E-state index in [-0.39, 0.29) is 23.9 Å². The van der Waals surface area contributed by atoms with Crippen molar-refractivity contribution in [2.45, 2.75) is 102 Å². The van der Waals surface area contributed by atoms with Gasteiger partial charge in [-0.3, -0.25) is 14.6 Å². The maximum Gasteiger partial charge on any atom is 0.407 e. The van der Waals surface area contributed by atoms with Crippen LogP contribution in [-0.2, 0) is 34.0 Å². The topological polar surface area (TPSA) is 186 Å². The van der Waals surface area contributed by atoms with Gasteiger partial charge in [0, 0.05) is 67.7 Å². The van der Waals surface area contributed by atoms with Crippen LogP contribution in [0, 0.1) is 0 Å². The monoisotopic (exact) mass is 825 g/mol. The molecule has 60 heavy (non-hydrogen) atoms. The summed E-state index contributed by atoms with van der Waals surface area (Å²) in [5.74, 6) is 1.72. The Morgan fingerprint density at radius 3 is 2.02 bits per heavy atom. The molecule has 4 aliphatic rings. The lowest BCUT2D eigenvalue weighted by molar-refractivity contribution is -0.138. The van der Waals surface area contributed by atoms with Gasteiger partial charge in [0.1, 0.15) is 29.4 Å². The fraction of sp³-hybridized carbons (Fsp3) is 0.500. The van der Waals surface area contributed by atoms with Crippen molar-refractivity contribution in [2.24, 2.45) is 4.99 Å². The largest absolute Gasteiger partial charge is 0.457 e. The molecule has 6 atom stereocenters. The number of ether oxygens (including phenoxy) is 5. The summed E-state index contributed by atoms with van der Waals surface area (Å²) in [5.41, 5.74) is 6.35. The summed E-state index contributed by atoms with van der Waals surface area (Å²) in [6.45, 7) is 8.94. The number of carbonyl (C=O) groups is 4. The van der Waals surface area contributed by atoms with E-state index >= 15 is 0 Å². The zero-order valence-electron chi connectivity index (χ0n) is 35.5. The smallest absolute Gasteiger partial charge is 0.407 e. The molecule has 7 rings (SSSR count). The molecular formula is C44H55N7O9. The molecule has 2 fully saturated rings. The molecule has 4 amide bonds. The molecule has 320 valence electrons. The number of fused-ring (bicyclic) bond motifs is 2. The van der Waals surface area contributed by atoms with Crippen molar-refractivity contribution in [1.82, 2.24) is 30.4 Å². The number of alkyl carbamates (subject to hydrolysis) is 2. The van der Waals surface area contributed by atoms with Crippen LogP contribution < -0.4 is 15.4 Å². The predicted octanol–water partition coefficient (Wildman–Crippen LogP) is 5.87. The van der Waals surface area contributed by atoms with Gasteiger partial charge >= 0.3 is 12.2 Å². The number of allylic oxidation sites excluding steroid dienone is 1. The highest BCUT2D eigenvalue weighted by atomic mass is 16.5. The van der Waals surface area contributed by atoms with Gasteiger partial charge in [-0.25, -0.2) is 14.6 Å². The highest BCUT2D eigenvalue weighted by Gasteiger charge is 2.41. The van der Waals surface area contributed by atoms with E-state index < -0.39 is 41.9 Å². The number of imidazole rings is 1. The number of hydrogen-bond acceptors (Lipinski definition) is 11. The third kappa shape index (κ3) is 8.09. The zero-order chi connectivity index (χ0) is 42.9. The number of nitrogens with one attached hydrogen (secondary N) is 3. The fourth-order valence-corrected chi connectivity index (χ4v) is 8.79. The van der Waals surface area contributed by atoms with Gasteiger partial charge < -0.3 is 49.1 Å². The third-order valence-corrected chi connectivity index (χ3v) is 12.5. The number of amides is 4. The van der Waals surface area contributed by atoms with E-state index in [0.717, 1.165) is 76.4 Å². The number of nitrogens with zero attached hydrogens (tertiary/aromatic N) is 4. The van der Waals surface area contributed by atoms with Crippen LogP contribution in [0.25, 0.3) is 16.8 Å². The molecule has 0 bridgehead atoms. The van der Waals surface area contributed by atoms with E-state index in [0.29, 0.717) is 25.3 Å². The second kappa shape index (κ2) is 17.5. The summed E-state index contributed by atoms with van der Waals surface area (Å²) in [7, 11) is 5.53. The number of methoxy groups -OCH3 is 4. The Labute approximate surface area is 350 Å². The molecule has 1 aromatic heterocycles. The van der Waals surface area contributed by atoms with Crippen molar-refractivity contribution in [3.8, 4) is 22.8 Å². The number of H-pyrrole nitrogens is 1. The minimum Gasteiger partial charge on any atom is -0.457 e. The number of benzene rings is 2. The Kier molecular flexibility index (Phi) is 12.3. The molecular weight excluding hydrogens is 771 g/mol. The fourth-order valence-electron chi connectivity index (χ4n) is 8.79. The molecule has 0 aliphatic carbocycles. The predicted molar refractivity (Wildman–Crippen MR) is 223 cm³/mol. The van der Waals surface area contributed by atoms with Crippen molar-refractivity contribution in [3.63, 3.8) is 0 Å². The van der Waals surface area contributed by atoms with Crippen molar-refractivity contribution in [1.29, 1.82) is 0 Å². The van der Waals surface area contributed by atoms with Crippen LogP contribution in [0.3, 0.4) is 0 Å². The first kappa shape index (κ1) is 42.4. The normalized spacial score (nSPS) is 21.1. The lowest BCUT2D eigenvalue weighted by Gasteiger charge is -2.35. The van der Waals surface area contributed by atoms with Gasteiger partial charge in [-0.1, -0.05) is 26.0 Å². The second-order valence-corrected chi connectivity index (χ2v) is 16.3. The van der Waals surface area contributed by atoms with Crippen LogP contribution in [0.1, 0.15) is 88.4 Å². The van der Waals surface area contributed by atoms with Crippen LogP contribution >= 0.6 is 0 Å². The van der Waals surface area contributed by atoms with E-state index in [1.807, 2.05) is 18.3 Å². The summed E-state index contributed by atoms with van der Waals surface area (Å²) < 4.78 is 27.0. The first-order chi connectivity index (χ1) is 28.8. The zero-order valence-corrected chi connectivity index (χ0v) is 35.5. The van der Waals surface area contributed by atoms with Crippen molar-refractivity contribution in [2.75, 3.05) is 41.5 Å². The minimum atomic E-state index is -0.914. The average molecular weight is 826 g/mol. The standard InChI is InChI=1S/C44H55N7O9/c1-24(56-5)37(48-42(54)58-7)40(52)50-17-9-11-33(50)31-20-28(22-45-31)26-13-15-29-36(21-26)60-35-16-14-27(19-30(35)44(29,3)4)32-23-46-39(47-32)34-12-10-18-51(34)41(53)38(25(2)57-6)49-43(55)59-8/h13-16,19,21-25,33-34,37-38H,9-12,17-18,20H2,1-8H3,(H,46,47)(H,48,54)(H,49,55)/t24-,25-,33-,34-,37-,38-/m0/s1. The van der Waals surface area contributed by atoms with Gasteiger partial charge in [-0.2, -0.15) is 0 Å². The molecule has 0 spiro atoms. The third-order valence-electron chi connectivity index (χ3n) is 12.5. The van der Waals surface area contributed by atoms with E-state index in [1.165, 1.54) is 28.4 Å². The summed E-state index contributed by atoms with van der Waals surface area (Å²) >= 11 is 0. The number of aromatic nitrogens is 2. The number of aromatic amines is 1. The minimum absolute atomic E-state index is 0.191. The van der Waals surface area contributed by atoms with Crippen molar-refractivity contribution >= 4 is 35.3 Å². The van der Waals surface area contributed by atoms with Gasteiger partial charge in [-0.05, 0) is 74.9 Å². The van der Waals surface area contributed by atoms with Crippen molar-refractivity contribution < 1.29 is 42.9 Å². The molecule has 16 heteroatoms. The highest BCUT2D eigenvalue weighted by Crippen LogP contribution is 2.50. The van der Waals surface area contributed by atoms with Crippen LogP contribution in [0.2, 0.25) is 0 Å². The van der Waals surface area contributed by atoms with Crippen LogP contribution in [-0.4, -0.2) is 121 Å². The van der Waals surface area contributed by atoms with Crippen LogP contribution in [0.5, 0.6) is 11.5 Å². The number of aliphatic imine (C=N–C) groups is 1. The molecule has 0 radical (unpaired) electrons. The van der Waals surface area contributed by atoms with Gasteiger partial charge in [0.15, 0.2) is 0 Å². The molecule has 5 heterocycles. The van der Waals surface area contributed by atoms with E-state index in [4.69, 9.17) is 33.7 Å². The molecule has 0 saturated carbocycles. The Hall–Kier alpha value is -5.74. The van der Waals surface area contributed by atoms with Gasteiger partial charge in [0.05, 0.1) is 50.4 Å². The summed E-state index contributed by atoms with van der Waals surface area (Å²) in [6.07, 6.45) is 4.87. The Morgan fingerprint density at radius 2 is 1.40 bits per heavy atom. The first-order valence-corrected chi connectivity index (χ1v) is 20.4. The molecule has 4 aliphatic heterocycles. The molecule has 16 nitrogen and oxygen atoms in total. The van der Waals surface area contributed by atoms with E-state index in [9.17, 15) is 19.2 Å². The van der Waals surface area contributed by atoms with E-state index in [2.05, 4.69) is 53.7 Å². The van der Waals surface area contributed by atoms with Gasteiger partial charge in [-0.15, -0.1) is 0 Å². The number of likely N-dealkylation sites (tertiary alicyclic amines) is 2. The van der Waals surface area contributed by atoms with Gasteiger partial charge in [0.25, 0.3) is 0 Å². The van der Waals surface area contributed by atoms with Crippen LogP contribution in [0.4, 0.5) is 9.59 Å². The highest BCUT2D eigenvalue weighted by molar-refractivity contribution is 6.04. The van der Waals surface area contributed by atoms with Crippen molar-refractivity contribution in [3.05, 3.63) is 71.3 Å². The summed E-state index contributed by atoms with van der Waals surface area (Å²) in [6, 6.07) is 10.1. The second-order valence-electron chi connectivity index (χ2n) is 16.3. The lowest BCUT2D eigenvalue weighted by Crippen LogP contribution is -2.56. The number of carbonyl (C=O) groups excluding carboxylic acids is 4. The molecule has 2 aromatic carbocycles. The quantitative estimate of drug-likeness (QED) is 0.200. The first-order valence-electron chi connectivity index (χ1n) is 20.4. The lowest BCUT2D eigenvalue weighted by atomic mass is 9.75. The van der Waals surface area contributed by atoms with Crippen LogP contribution in [0.15, 0.2) is 53.8 Å². The molecule has 3 aromatic rings. The maximum absolute atomic E-state index is 13.8. The SMILES string of the molecule is COC(=O)N[C@H](C(=O)N1CCC[C@H]1C1=NC=C(c2ccc3c(c2)Oc2ccc(-c4cnc([C@@H]5CCCN5C(=O)[C@@H](NC(=O)OC)[C@H](C)OC)[nH]4)cc2C3(C)C)C1)[C@H](C)OC. The molecule has 3 N–H and O–H groups in total. The van der Waals surface area contributed by atoms with Gasteiger partial charge in [0.2, 0.25) is 11.8 Å². The Bertz CT molecular complexity index is 2200. The summed E-state index contributed by atoms with van der Waals surface area (Å²) in [4.78, 5) is 68.3. The summed E-state index contributed by atoms with van der Waals surface area (Å²) in [5, 5.41) is 5.28. The number of hydrogen-bond donors (Lipinski definition) is 3. The average Bonchev–Trinajstić information content (AvgIpc) is 4.10. The van der Waals surface area contributed by atoms with E-state index in [1.54, 1.807) is 29.8 Å².